The Morgan fingerprint density at radius 1 is 1.33 bits per heavy atom. The van der Waals surface area contributed by atoms with E-state index in [1.807, 2.05) is 6.92 Å². The van der Waals surface area contributed by atoms with Crippen LogP contribution < -0.4 is 5.32 Å². The molecule has 4 unspecified atom stereocenters. The summed E-state index contributed by atoms with van der Waals surface area (Å²) in [5, 5.41) is 11.6. The van der Waals surface area contributed by atoms with E-state index >= 15 is 0 Å². The third kappa shape index (κ3) is 3.00. The Morgan fingerprint density at radius 3 is 2.67 bits per heavy atom. The lowest BCUT2D eigenvalue weighted by molar-refractivity contribution is -0.149. The SMILES string of the molecule is CC1CCOC1C(=O)NCC1CCC(C(=O)O)O1. The Kier molecular flexibility index (Phi) is 4.19. The van der Waals surface area contributed by atoms with Crippen LogP contribution in [0.4, 0.5) is 0 Å². The zero-order valence-corrected chi connectivity index (χ0v) is 10.4. The van der Waals surface area contributed by atoms with Gasteiger partial charge in [-0.05, 0) is 25.2 Å². The van der Waals surface area contributed by atoms with Crippen molar-refractivity contribution >= 4 is 11.9 Å². The van der Waals surface area contributed by atoms with Gasteiger partial charge in [-0.25, -0.2) is 4.79 Å². The minimum Gasteiger partial charge on any atom is -0.479 e. The maximum atomic E-state index is 11.8. The summed E-state index contributed by atoms with van der Waals surface area (Å²) in [6.45, 7) is 2.97. The van der Waals surface area contributed by atoms with Gasteiger partial charge in [-0.1, -0.05) is 6.92 Å². The molecule has 0 bridgehead atoms. The van der Waals surface area contributed by atoms with Gasteiger partial charge >= 0.3 is 5.97 Å². The Bertz CT molecular complexity index is 332. The third-order valence-corrected chi connectivity index (χ3v) is 3.53. The molecule has 2 saturated heterocycles. The van der Waals surface area contributed by atoms with Crippen LogP contribution in [0.25, 0.3) is 0 Å². The lowest BCUT2D eigenvalue weighted by Gasteiger charge is -2.17. The molecule has 0 radical (unpaired) electrons. The van der Waals surface area contributed by atoms with Crippen LogP contribution >= 0.6 is 0 Å². The molecule has 4 atom stereocenters. The molecule has 2 N–H and O–H groups in total. The summed E-state index contributed by atoms with van der Waals surface area (Å²) in [5.41, 5.74) is 0. The van der Waals surface area contributed by atoms with E-state index in [0.717, 1.165) is 6.42 Å². The summed E-state index contributed by atoms with van der Waals surface area (Å²) in [4.78, 5) is 22.5. The number of carbonyl (C=O) groups excluding carboxylic acids is 1. The second-order valence-electron chi connectivity index (χ2n) is 4.96. The third-order valence-electron chi connectivity index (χ3n) is 3.53. The standard InChI is InChI=1S/C12H19NO5/c1-7-4-5-17-10(7)11(14)13-6-8-2-3-9(18-8)12(15)16/h7-10H,2-6H2,1H3,(H,13,14)(H,15,16). The molecule has 0 aromatic heterocycles. The van der Waals surface area contributed by atoms with E-state index in [0.29, 0.717) is 26.0 Å². The van der Waals surface area contributed by atoms with Gasteiger partial charge in [0.15, 0.2) is 6.10 Å². The van der Waals surface area contributed by atoms with Crippen molar-refractivity contribution < 1.29 is 24.2 Å². The largest absolute Gasteiger partial charge is 0.479 e. The lowest BCUT2D eigenvalue weighted by Crippen LogP contribution is -2.41. The predicted molar refractivity (Wildman–Crippen MR) is 62.1 cm³/mol. The quantitative estimate of drug-likeness (QED) is 0.749. The molecule has 0 saturated carbocycles. The van der Waals surface area contributed by atoms with Crippen LogP contribution in [0.15, 0.2) is 0 Å². The topological polar surface area (TPSA) is 84.9 Å². The van der Waals surface area contributed by atoms with Crippen LogP contribution in [0.2, 0.25) is 0 Å². The maximum absolute atomic E-state index is 11.8. The fraction of sp³-hybridized carbons (Fsp3) is 0.833. The normalized spacial score (nSPS) is 35.6. The molecule has 0 aliphatic carbocycles. The van der Waals surface area contributed by atoms with Gasteiger partial charge in [-0.2, -0.15) is 0 Å². The summed E-state index contributed by atoms with van der Waals surface area (Å²) in [7, 11) is 0. The zero-order chi connectivity index (χ0) is 13.1. The van der Waals surface area contributed by atoms with E-state index < -0.39 is 12.1 Å². The Morgan fingerprint density at radius 2 is 2.11 bits per heavy atom. The number of carboxylic acids is 1. The smallest absolute Gasteiger partial charge is 0.332 e. The molecule has 18 heavy (non-hydrogen) atoms. The van der Waals surface area contributed by atoms with Crippen LogP contribution in [0.5, 0.6) is 0 Å². The molecule has 0 aromatic rings. The van der Waals surface area contributed by atoms with Crippen molar-refractivity contribution in [3.8, 4) is 0 Å². The van der Waals surface area contributed by atoms with Gasteiger partial charge in [-0.3, -0.25) is 4.79 Å². The van der Waals surface area contributed by atoms with Crippen molar-refractivity contribution in [2.24, 2.45) is 5.92 Å². The van der Waals surface area contributed by atoms with E-state index in [1.54, 1.807) is 0 Å². The number of rotatable bonds is 4. The average Bonchev–Trinajstić information content (AvgIpc) is 2.94. The van der Waals surface area contributed by atoms with Gasteiger partial charge < -0.3 is 19.9 Å². The molecule has 6 nitrogen and oxygen atoms in total. The van der Waals surface area contributed by atoms with E-state index in [4.69, 9.17) is 14.6 Å². The summed E-state index contributed by atoms with van der Waals surface area (Å²) in [6, 6.07) is 0. The first kappa shape index (κ1) is 13.3. The lowest BCUT2D eigenvalue weighted by atomic mass is 10.0. The number of hydrogen-bond acceptors (Lipinski definition) is 4. The van der Waals surface area contributed by atoms with Gasteiger partial charge in [-0.15, -0.1) is 0 Å². The number of hydrogen-bond donors (Lipinski definition) is 2. The summed E-state index contributed by atoms with van der Waals surface area (Å²) < 4.78 is 10.7. The van der Waals surface area contributed by atoms with Crippen LogP contribution in [-0.2, 0) is 19.1 Å². The van der Waals surface area contributed by atoms with E-state index in [1.165, 1.54) is 0 Å². The number of amides is 1. The van der Waals surface area contributed by atoms with Gasteiger partial charge in [0.05, 0.1) is 6.10 Å². The van der Waals surface area contributed by atoms with Crippen LogP contribution in [-0.4, -0.2) is 48.4 Å². The highest BCUT2D eigenvalue weighted by molar-refractivity contribution is 5.81. The van der Waals surface area contributed by atoms with Crippen molar-refractivity contribution in [1.29, 1.82) is 0 Å². The average molecular weight is 257 g/mol. The molecule has 0 aromatic carbocycles. The zero-order valence-electron chi connectivity index (χ0n) is 10.4. The molecule has 2 fully saturated rings. The Balaban J connectivity index is 1.72. The molecule has 0 spiro atoms. The fourth-order valence-electron chi connectivity index (χ4n) is 2.38. The highest BCUT2D eigenvalue weighted by Gasteiger charge is 2.33. The number of carboxylic acid groups (broad SMARTS) is 1. The molecular formula is C12H19NO5. The highest BCUT2D eigenvalue weighted by atomic mass is 16.5. The molecule has 2 heterocycles. The van der Waals surface area contributed by atoms with E-state index in [2.05, 4.69) is 5.32 Å². The van der Waals surface area contributed by atoms with Crippen molar-refractivity contribution in [2.75, 3.05) is 13.2 Å². The van der Waals surface area contributed by atoms with Crippen molar-refractivity contribution in [3.63, 3.8) is 0 Å². The van der Waals surface area contributed by atoms with Crippen LogP contribution in [0.1, 0.15) is 26.2 Å². The van der Waals surface area contributed by atoms with E-state index in [9.17, 15) is 9.59 Å². The molecule has 2 aliphatic rings. The van der Waals surface area contributed by atoms with Crippen molar-refractivity contribution in [1.82, 2.24) is 5.32 Å². The maximum Gasteiger partial charge on any atom is 0.332 e. The molecule has 2 aliphatic heterocycles. The summed E-state index contributed by atoms with van der Waals surface area (Å²) in [5.74, 6) is -0.819. The molecular weight excluding hydrogens is 238 g/mol. The van der Waals surface area contributed by atoms with E-state index in [-0.39, 0.29) is 24.0 Å². The molecule has 1 amide bonds. The minimum atomic E-state index is -0.934. The highest BCUT2D eigenvalue weighted by Crippen LogP contribution is 2.21. The first-order valence-electron chi connectivity index (χ1n) is 6.35. The number of nitrogens with one attached hydrogen (secondary N) is 1. The van der Waals surface area contributed by atoms with Gasteiger partial charge in [0.1, 0.15) is 6.10 Å². The van der Waals surface area contributed by atoms with Crippen LogP contribution in [0.3, 0.4) is 0 Å². The van der Waals surface area contributed by atoms with Crippen molar-refractivity contribution in [3.05, 3.63) is 0 Å². The summed E-state index contributed by atoms with van der Waals surface area (Å²) >= 11 is 0. The fourth-order valence-corrected chi connectivity index (χ4v) is 2.38. The van der Waals surface area contributed by atoms with Crippen molar-refractivity contribution in [2.45, 2.75) is 44.5 Å². The first-order valence-corrected chi connectivity index (χ1v) is 6.35. The molecule has 6 heteroatoms. The number of aliphatic carboxylic acids is 1. The number of ether oxygens (including phenoxy) is 2. The number of carbonyl (C=O) groups is 2. The second kappa shape index (κ2) is 5.67. The summed E-state index contributed by atoms with van der Waals surface area (Å²) in [6.07, 6.45) is 0.769. The molecule has 102 valence electrons. The monoisotopic (exact) mass is 257 g/mol. The first-order chi connectivity index (χ1) is 8.58. The van der Waals surface area contributed by atoms with Gasteiger partial charge in [0, 0.05) is 13.2 Å². The second-order valence-corrected chi connectivity index (χ2v) is 4.96. The van der Waals surface area contributed by atoms with Crippen LogP contribution in [0, 0.1) is 5.92 Å². The van der Waals surface area contributed by atoms with Gasteiger partial charge in [0.25, 0.3) is 0 Å². The Hall–Kier alpha value is -1.14. The molecule has 2 rings (SSSR count). The van der Waals surface area contributed by atoms with Gasteiger partial charge in [0.2, 0.25) is 5.91 Å². The predicted octanol–water partition coefficient (Wildman–Crippen LogP) is 0.160. The Labute approximate surface area is 106 Å². The minimum absolute atomic E-state index is 0.123.